The molecule has 2 aromatic carbocycles. The highest BCUT2D eigenvalue weighted by atomic mass is 35.5. The molecule has 0 saturated heterocycles. The normalized spacial score (nSPS) is 11.3. The molecular weight excluding hydrogens is 443 g/mol. The number of fused-ring (bicyclic) bond motifs is 1. The first-order valence-corrected chi connectivity index (χ1v) is 11.1. The maximum atomic E-state index is 13.6. The van der Waals surface area contributed by atoms with Crippen LogP contribution in [0.4, 0.5) is 4.39 Å². The van der Waals surface area contributed by atoms with Gasteiger partial charge in [0.1, 0.15) is 17.9 Å². The van der Waals surface area contributed by atoms with E-state index in [2.05, 4.69) is 16.5 Å². The summed E-state index contributed by atoms with van der Waals surface area (Å²) in [5, 5.41) is 8.96. The molecule has 6 nitrogen and oxygen atoms in total. The van der Waals surface area contributed by atoms with E-state index in [4.69, 9.17) is 26.1 Å². The zero-order chi connectivity index (χ0) is 23.4. The second-order valence-electron chi connectivity index (χ2n) is 7.88. The Bertz CT molecular complexity index is 1270. The highest BCUT2D eigenvalue weighted by Crippen LogP contribution is 2.31. The second kappa shape index (κ2) is 10.3. The number of rotatable bonds is 9. The lowest BCUT2D eigenvalue weighted by Crippen LogP contribution is -2.20. The number of aromatic nitrogens is 3. The maximum absolute atomic E-state index is 13.6. The number of aryl methyl sites for hydroxylation is 2. The molecule has 4 aromatic rings. The third kappa shape index (κ3) is 5.33. The van der Waals surface area contributed by atoms with Gasteiger partial charge in [0.05, 0.1) is 24.7 Å². The van der Waals surface area contributed by atoms with E-state index in [0.717, 1.165) is 40.0 Å². The number of nitrogens with zero attached hydrogens (tertiary/aromatic N) is 3. The van der Waals surface area contributed by atoms with Crippen LogP contribution in [0.2, 0.25) is 5.02 Å². The summed E-state index contributed by atoms with van der Waals surface area (Å²) in [7, 11) is 1.68. The standard InChI is InChI=1S/C25H26ClFN4O2/c1-16-9-18(12-28-7-8-32-3)21(22(26)10-16)15-33-24-6-4-5-20-23(11-17(2)30-25(20)24)31-14-19(27)13-29-31/h4-6,9-11,13-14,28H,7-8,12,15H2,1-3H3. The Morgan fingerprint density at radius 2 is 2.03 bits per heavy atom. The predicted octanol–water partition coefficient (Wildman–Crippen LogP) is 5.14. The minimum Gasteiger partial charge on any atom is -0.487 e. The molecule has 0 unspecified atom stereocenters. The Hall–Kier alpha value is -3.00. The molecule has 8 heteroatoms. The molecule has 0 spiro atoms. The summed E-state index contributed by atoms with van der Waals surface area (Å²) in [5.41, 5.74) is 5.29. The van der Waals surface area contributed by atoms with Crippen molar-refractivity contribution in [2.75, 3.05) is 20.3 Å². The quantitative estimate of drug-likeness (QED) is 0.344. The van der Waals surface area contributed by atoms with Crippen molar-refractivity contribution in [1.29, 1.82) is 0 Å². The van der Waals surface area contributed by atoms with Crippen molar-refractivity contribution < 1.29 is 13.9 Å². The number of methoxy groups -OCH3 is 1. The van der Waals surface area contributed by atoms with E-state index in [0.29, 0.717) is 36.0 Å². The van der Waals surface area contributed by atoms with Gasteiger partial charge < -0.3 is 14.8 Å². The number of benzene rings is 2. The summed E-state index contributed by atoms with van der Waals surface area (Å²) in [5.74, 6) is 0.227. The van der Waals surface area contributed by atoms with Crippen LogP contribution in [0.25, 0.3) is 16.6 Å². The number of para-hydroxylation sites is 1. The molecule has 0 aliphatic rings. The number of hydrogen-bond acceptors (Lipinski definition) is 5. The van der Waals surface area contributed by atoms with Crippen molar-refractivity contribution in [2.24, 2.45) is 0 Å². The van der Waals surface area contributed by atoms with Crippen molar-refractivity contribution in [3.63, 3.8) is 0 Å². The molecule has 172 valence electrons. The fourth-order valence-electron chi connectivity index (χ4n) is 3.78. The summed E-state index contributed by atoms with van der Waals surface area (Å²) < 4.78 is 26.5. The lowest BCUT2D eigenvalue weighted by atomic mass is 10.0. The van der Waals surface area contributed by atoms with Crippen LogP contribution < -0.4 is 10.1 Å². The molecule has 0 bridgehead atoms. The third-order valence-corrected chi connectivity index (χ3v) is 5.65. The summed E-state index contributed by atoms with van der Waals surface area (Å²) in [6.45, 7) is 6.24. The first kappa shape index (κ1) is 23.2. The van der Waals surface area contributed by atoms with Gasteiger partial charge in [0, 0.05) is 41.9 Å². The molecule has 0 fully saturated rings. The van der Waals surface area contributed by atoms with Gasteiger partial charge in [0.15, 0.2) is 5.82 Å². The molecule has 2 aromatic heterocycles. The van der Waals surface area contributed by atoms with E-state index in [1.54, 1.807) is 7.11 Å². The lowest BCUT2D eigenvalue weighted by Gasteiger charge is -2.16. The monoisotopic (exact) mass is 468 g/mol. The van der Waals surface area contributed by atoms with Gasteiger partial charge in [-0.2, -0.15) is 5.10 Å². The summed E-state index contributed by atoms with van der Waals surface area (Å²) in [6, 6.07) is 11.6. The molecule has 33 heavy (non-hydrogen) atoms. The second-order valence-corrected chi connectivity index (χ2v) is 8.29. The van der Waals surface area contributed by atoms with E-state index in [1.807, 2.05) is 44.2 Å². The molecule has 2 heterocycles. The summed E-state index contributed by atoms with van der Waals surface area (Å²) in [4.78, 5) is 4.69. The fourth-order valence-corrected chi connectivity index (χ4v) is 4.13. The maximum Gasteiger partial charge on any atom is 0.161 e. The van der Waals surface area contributed by atoms with E-state index < -0.39 is 5.82 Å². The van der Waals surface area contributed by atoms with Crippen LogP contribution in [-0.4, -0.2) is 35.0 Å². The van der Waals surface area contributed by atoms with E-state index in [1.165, 1.54) is 17.1 Å². The van der Waals surface area contributed by atoms with Gasteiger partial charge in [-0.05, 0) is 43.2 Å². The zero-order valence-electron chi connectivity index (χ0n) is 18.9. The molecule has 0 atom stereocenters. The minimum absolute atomic E-state index is 0.293. The van der Waals surface area contributed by atoms with Gasteiger partial charge in [-0.25, -0.2) is 14.1 Å². The van der Waals surface area contributed by atoms with E-state index in [-0.39, 0.29) is 0 Å². The van der Waals surface area contributed by atoms with Crippen LogP contribution in [0, 0.1) is 19.7 Å². The van der Waals surface area contributed by atoms with Crippen molar-refractivity contribution in [2.45, 2.75) is 27.0 Å². The molecule has 0 amide bonds. The minimum atomic E-state index is -0.398. The van der Waals surface area contributed by atoms with Crippen molar-refractivity contribution in [1.82, 2.24) is 20.1 Å². The van der Waals surface area contributed by atoms with Gasteiger partial charge in [-0.1, -0.05) is 29.8 Å². The number of nitrogens with one attached hydrogen (secondary N) is 1. The molecule has 4 rings (SSSR count). The SMILES string of the molecule is COCCNCc1cc(C)cc(Cl)c1COc1cccc2c(-n3cc(F)cn3)cc(C)nc12. The lowest BCUT2D eigenvalue weighted by molar-refractivity contribution is 0.199. The van der Waals surface area contributed by atoms with Crippen LogP contribution in [0.5, 0.6) is 5.75 Å². The molecule has 0 aliphatic carbocycles. The average molecular weight is 469 g/mol. The molecular formula is C25H26ClFN4O2. The van der Waals surface area contributed by atoms with Crippen LogP contribution in [0.3, 0.4) is 0 Å². The summed E-state index contributed by atoms with van der Waals surface area (Å²) >= 11 is 6.60. The number of hydrogen-bond donors (Lipinski definition) is 1. The molecule has 0 radical (unpaired) electrons. The van der Waals surface area contributed by atoms with E-state index in [9.17, 15) is 4.39 Å². The van der Waals surface area contributed by atoms with Gasteiger partial charge in [0.25, 0.3) is 0 Å². The Balaban J connectivity index is 1.65. The predicted molar refractivity (Wildman–Crippen MR) is 128 cm³/mol. The third-order valence-electron chi connectivity index (χ3n) is 5.31. The molecule has 1 N–H and O–H groups in total. The van der Waals surface area contributed by atoms with Crippen LogP contribution in [0.1, 0.15) is 22.4 Å². The van der Waals surface area contributed by atoms with Gasteiger partial charge in [0.2, 0.25) is 0 Å². The highest BCUT2D eigenvalue weighted by molar-refractivity contribution is 6.31. The Kier molecular flexibility index (Phi) is 7.23. The molecule has 0 aliphatic heterocycles. The summed E-state index contributed by atoms with van der Waals surface area (Å²) in [6.07, 6.45) is 2.53. The number of pyridine rings is 1. The van der Waals surface area contributed by atoms with Crippen LogP contribution >= 0.6 is 11.6 Å². The smallest absolute Gasteiger partial charge is 0.161 e. The first-order valence-electron chi connectivity index (χ1n) is 10.7. The number of ether oxygens (including phenoxy) is 2. The Morgan fingerprint density at radius 1 is 1.18 bits per heavy atom. The largest absolute Gasteiger partial charge is 0.487 e. The van der Waals surface area contributed by atoms with Crippen molar-refractivity contribution in [3.05, 3.63) is 82.0 Å². The Morgan fingerprint density at radius 3 is 2.79 bits per heavy atom. The fraction of sp³-hybridized carbons (Fsp3) is 0.280. The van der Waals surface area contributed by atoms with Crippen LogP contribution in [-0.2, 0) is 17.9 Å². The first-order chi connectivity index (χ1) is 16.0. The topological polar surface area (TPSA) is 61.2 Å². The van der Waals surface area contributed by atoms with E-state index >= 15 is 0 Å². The number of halogens is 2. The van der Waals surface area contributed by atoms with Gasteiger partial charge in [-0.3, -0.25) is 0 Å². The highest BCUT2D eigenvalue weighted by Gasteiger charge is 2.14. The Labute approximate surface area is 197 Å². The van der Waals surface area contributed by atoms with Crippen molar-refractivity contribution in [3.8, 4) is 11.4 Å². The van der Waals surface area contributed by atoms with Crippen LogP contribution in [0.15, 0.2) is 48.8 Å². The average Bonchev–Trinajstić information content (AvgIpc) is 3.21. The molecule has 0 saturated carbocycles. The van der Waals surface area contributed by atoms with Gasteiger partial charge >= 0.3 is 0 Å². The van der Waals surface area contributed by atoms with Gasteiger partial charge in [-0.15, -0.1) is 0 Å². The zero-order valence-corrected chi connectivity index (χ0v) is 19.6. The van der Waals surface area contributed by atoms with Crippen molar-refractivity contribution >= 4 is 22.5 Å².